The molecule has 2 heteroatoms. The summed E-state index contributed by atoms with van der Waals surface area (Å²) in [5, 5.41) is 3.45. The fourth-order valence-electron chi connectivity index (χ4n) is 4.04. The predicted molar refractivity (Wildman–Crippen MR) is 115 cm³/mol. The molecule has 1 aliphatic rings. The van der Waals surface area contributed by atoms with Crippen molar-refractivity contribution >= 4 is 22.2 Å². The molecule has 0 aliphatic heterocycles. The molecule has 1 atom stereocenters. The maximum Gasteiger partial charge on any atom is 0.0614 e. The first-order valence-electron chi connectivity index (χ1n) is 9.49. The number of thiophene rings is 1. The Balaban J connectivity index is 1.75. The Morgan fingerprint density at radius 2 is 1.74 bits per heavy atom. The van der Waals surface area contributed by atoms with E-state index in [2.05, 4.69) is 89.8 Å². The molecule has 1 saturated carbocycles. The molecule has 4 aromatic rings. The highest BCUT2D eigenvalue weighted by Gasteiger charge is 2.44. The second kappa shape index (κ2) is 6.44. The summed E-state index contributed by atoms with van der Waals surface area (Å²) in [6.45, 7) is 2.34. The number of nitrogens with one attached hydrogen (secondary N) is 1. The number of benzene rings is 2. The molecule has 132 valence electrons. The first kappa shape index (κ1) is 16.4. The van der Waals surface area contributed by atoms with E-state index in [0.29, 0.717) is 5.92 Å². The lowest BCUT2D eigenvalue weighted by Gasteiger charge is -2.25. The molecule has 1 N–H and O–H groups in total. The number of para-hydroxylation sites is 1. The van der Waals surface area contributed by atoms with E-state index in [1.54, 1.807) is 11.3 Å². The van der Waals surface area contributed by atoms with E-state index >= 15 is 0 Å². The number of rotatable bonds is 3. The maximum absolute atomic E-state index is 3.71. The molecule has 27 heavy (non-hydrogen) atoms. The number of H-pyrrole nitrogens is 1. The summed E-state index contributed by atoms with van der Waals surface area (Å²) in [5.74, 6) is 7.79. The Labute approximate surface area is 164 Å². The van der Waals surface area contributed by atoms with Gasteiger partial charge in [-0.05, 0) is 55.3 Å². The second-order valence-corrected chi connectivity index (χ2v) is 8.44. The van der Waals surface area contributed by atoms with Crippen LogP contribution < -0.4 is 0 Å². The van der Waals surface area contributed by atoms with Gasteiger partial charge in [0.1, 0.15) is 0 Å². The molecule has 0 spiro atoms. The van der Waals surface area contributed by atoms with Gasteiger partial charge in [-0.15, -0.1) is 11.3 Å². The van der Waals surface area contributed by atoms with Crippen molar-refractivity contribution in [1.29, 1.82) is 0 Å². The zero-order chi connectivity index (χ0) is 18.3. The SMILES string of the molecule is CC(C#Cc1ccccc1)(c1c(-c2cccs2)[nH]c2ccccc12)C1CC1. The van der Waals surface area contributed by atoms with Crippen molar-refractivity contribution in [3.8, 4) is 22.4 Å². The van der Waals surface area contributed by atoms with Crippen molar-refractivity contribution in [2.24, 2.45) is 5.92 Å². The normalized spacial score (nSPS) is 15.9. The van der Waals surface area contributed by atoms with Crippen molar-refractivity contribution in [3.05, 3.63) is 83.2 Å². The van der Waals surface area contributed by atoms with Crippen LogP contribution in [0.4, 0.5) is 0 Å². The minimum Gasteiger partial charge on any atom is -0.354 e. The van der Waals surface area contributed by atoms with Crippen molar-refractivity contribution in [1.82, 2.24) is 4.98 Å². The summed E-state index contributed by atoms with van der Waals surface area (Å²) >= 11 is 1.79. The van der Waals surface area contributed by atoms with Crippen molar-refractivity contribution in [2.45, 2.75) is 25.2 Å². The van der Waals surface area contributed by atoms with Gasteiger partial charge in [0.2, 0.25) is 0 Å². The van der Waals surface area contributed by atoms with Gasteiger partial charge in [-0.3, -0.25) is 0 Å². The van der Waals surface area contributed by atoms with E-state index in [-0.39, 0.29) is 5.41 Å². The largest absolute Gasteiger partial charge is 0.354 e. The zero-order valence-electron chi connectivity index (χ0n) is 15.3. The average molecular weight is 368 g/mol. The van der Waals surface area contributed by atoms with Gasteiger partial charge >= 0.3 is 0 Å². The van der Waals surface area contributed by atoms with E-state index < -0.39 is 0 Å². The number of fused-ring (bicyclic) bond motifs is 1. The van der Waals surface area contributed by atoms with Gasteiger partial charge in [-0.1, -0.05) is 54.3 Å². The molecular formula is C25H21NS. The molecular weight excluding hydrogens is 346 g/mol. The van der Waals surface area contributed by atoms with Crippen LogP contribution in [0.2, 0.25) is 0 Å². The fourth-order valence-corrected chi connectivity index (χ4v) is 4.77. The molecule has 1 unspecified atom stereocenters. The highest BCUT2D eigenvalue weighted by molar-refractivity contribution is 7.13. The van der Waals surface area contributed by atoms with Gasteiger partial charge in [0.25, 0.3) is 0 Å². The van der Waals surface area contributed by atoms with Crippen LogP contribution in [0.5, 0.6) is 0 Å². The molecule has 2 heterocycles. The van der Waals surface area contributed by atoms with Gasteiger partial charge in [-0.2, -0.15) is 0 Å². The van der Waals surface area contributed by atoms with E-state index in [1.807, 2.05) is 6.07 Å². The summed E-state index contributed by atoms with van der Waals surface area (Å²) in [4.78, 5) is 4.98. The average Bonchev–Trinajstić information content (AvgIpc) is 3.29. The standard InChI is InChI=1S/C25H21NS/c1-25(19-13-14-19,16-15-18-8-3-2-4-9-18)23-20-10-5-6-11-21(20)26-24(23)22-12-7-17-27-22/h2-12,17,19,26H,13-14H2,1H3. The van der Waals surface area contributed by atoms with Gasteiger partial charge in [0.05, 0.1) is 16.0 Å². The highest BCUT2D eigenvalue weighted by atomic mass is 32.1. The van der Waals surface area contributed by atoms with Crippen LogP contribution in [0, 0.1) is 17.8 Å². The molecule has 0 radical (unpaired) electrons. The van der Waals surface area contributed by atoms with Crippen LogP contribution >= 0.6 is 11.3 Å². The third-order valence-corrected chi connectivity index (χ3v) is 6.51. The Bertz CT molecular complexity index is 1140. The van der Waals surface area contributed by atoms with E-state index in [0.717, 1.165) is 5.56 Å². The van der Waals surface area contributed by atoms with E-state index in [9.17, 15) is 0 Å². The summed E-state index contributed by atoms with van der Waals surface area (Å²) < 4.78 is 0. The fraction of sp³-hybridized carbons (Fsp3) is 0.200. The molecule has 1 nitrogen and oxygen atoms in total. The lowest BCUT2D eigenvalue weighted by atomic mass is 9.76. The Morgan fingerprint density at radius 3 is 2.48 bits per heavy atom. The minimum atomic E-state index is -0.158. The third-order valence-electron chi connectivity index (χ3n) is 5.63. The van der Waals surface area contributed by atoms with Gasteiger partial charge < -0.3 is 4.98 Å². The zero-order valence-corrected chi connectivity index (χ0v) is 16.1. The summed E-state index contributed by atoms with van der Waals surface area (Å²) in [7, 11) is 0. The van der Waals surface area contributed by atoms with Crippen LogP contribution in [0.3, 0.4) is 0 Å². The van der Waals surface area contributed by atoms with Gasteiger partial charge in [0, 0.05) is 22.0 Å². The smallest absolute Gasteiger partial charge is 0.0614 e. The molecule has 2 aromatic carbocycles. The Kier molecular flexibility index (Phi) is 3.92. The molecule has 0 amide bonds. The summed E-state index contributed by atoms with van der Waals surface area (Å²) in [6, 6.07) is 23.3. The van der Waals surface area contributed by atoms with Crippen LogP contribution in [0.15, 0.2) is 72.1 Å². The topological polar surface area (TPSA) is 15.8 Å². The monoisotopic (exact) mass is 367 g/mol. The predicted octanol–water partition coefficient (Wildman–Crippen LogP) is 6.62. The molecule has 1 fully saturated rings. The molecule has 0 saturated heterocycles. The molecule has 2 aromatic heterocycles. The van der Waals surface area contributed by atoms with Crippen molar-refractivity contribution in [2.75, 3.05) is 0 Å². The maximum atomic E-state index is 3.71. The van der Waals surface area contributed by atoms with Gasteiger partial charge in [-0.25, -0.2) is 0 Å². The van der Waals surface area contributed by atoms with E-state index in [4.69, 9.17) is 0 Å². The lowest BCUT2D eigenvalue weighted by molar-refractivity contribution is 0.541. The quantitative estimate of drug-likeness (QED) is 0.392. The number of aromatic nitrogens is 1. The number of hydrogen-bond donors (Lipinski definition) is 1. The first-order chi connectivity index (χ1) is 13.3. The van der Waals surface area contributed by atoms with E-state index in [1.165, 1.54) is 39.9 Å². The van der Waals surface area contributed by atoms with Crippen molar-refractivity contribution < 1.29 is 0 Å². The second-order valence-electron chi connectivity index (χ2n) is 7.49. The number of hydrogen-bond acceptors (Lipinski definition) is 1. The van der Waals surface area contributed by atoms with Crippen molar-refractivity contribution in [3.63, 3.8) is 0 Å². The third kappa shape index (κ3) is 2.89. The molecule has 1 aliphatic carbocycles. The highest BCUT2D eigenvalue weighted by Crippen LogP contribution is 2.51. The lowest BCUT2D eigenvalue weighted by Crippen LogP contribution is -2.23. The van der Waals surface area contributed by atoms with Crippen LogP contribution in [0.1, 0.15) is 30.9 Å². The summed E-state index contributed by atoms with van der Waals surface area (Å²) in [6.07, 6.45) is 2.51. The number of aromatic amines is 1. The first-order valence-corrected chi connectivity index (χ1v) is 10.4. The Hall–Kier alpha value is -2.76. The minimum absolute atomic E-state index is 0.158. The van der Waals surface area contributed by atoms with Crippen LogP contribution in [-0.2, 0) is 5.41 Å². The van der Waals surface area contributed by atoms with Crippen LogP contribution in [-0.4, -0.2) is 4.98 Å². The Morgan fingerprint density at radius 1 is 0.963 bits per heavy atom. The summed E-state index contributed by atoms with van der Waals surface area (Å²) in [5.41, 5.74) is 4.73. The van der Waals surface area contributed by atoms with Crippen LogP contribution in [0.25, 0.3) is 21.5 Å². The molecule has 5 rings (SSSR count). The van der Waals surface area contributed by atoms with Gasteiger partial charge in [0.15, 0.2) is 0 Å². The molecule has 0 bridgehead atoms.